The van der Waals surface area contributed by atoms with E-state index in [9.17, 15) is 0 Å². The van der Waals surface area contributed by atoms with Crippen LogP contribution in [0.5, 0.6) is 0 Å². The lowest BCUT2D eigenvalue weighted by atomic mass is 10.1. The van der Waals surface area contributed by atoms with Crippen molar-refractivity contribution in [3.63, 3.8) is 0 Å². The van der Waals surface area contributed by atoms with E-state index < -0.39 is 0 Å². The highest BCUT2D eigenvalue weighted by molar-refractivity contribution is 5.63. The summed E-state index contributed by atoms with van der Waals surface area (Å²) in [6.07, 6.45) is 1.87. The van der Waals surface area contributed by atoms with Crippen molar-refractivity contribution in [1.29, 1.82) is 0 Å². The molecule has 0 saturated carbocycles. The fraction of sp³-hybridized carbons (Fsp3) is 0.167. The van der Waals surface area contributed by atoms with Gasteiger partial charge >= 0.3 is 0 Å². The van der Waals surface area contributed by atoms with Crippen molar-refractivity contribution in [2.24, 2.45) is 5.73 Å². The zero-order chi connectivity index (χ0) is 14.7. The van der Waals surface area contributed by atoms with Crippen LogP contribution < -0.4 is 5.73 Å². The summed E-state index contributed by atoms with van der Waals surface area (Å²) in [6, 6.07) is 18.8. The molecule has 106 valence electrons. The van der Waals surface area contributed by atoms with Crippen molar-refractivity contribution in [2.75, 3.05) is 0 Å². The first-order valence-corrected chi connectivity index (χ1v) is 7.13. The fourth-order valence-electron chi connectivity index (χ4n) is 2.61. The Bertz CT molecular complexity index is 729. The van der Waals surface area contributed by atoms with Gasteiger partial charge in [0.25, 0.3) is 0 Å². The van der Waals surface area contributed by atoms with Crippen LogP contribution in [-0.2, 0) is 13.1 Å². The highest BCUT2D eigenvalue weighted by Crippen LogP contribution is 2.24. The number of rotatable bonds is 4. The zero-order valence-electron chi connectivity index (χ0n) is 12.2. The van der Waals surface area contributed by atoms with Crippen LogP contribution in [0.25, 0.3) is 11.3 Å². The van der Waals surface area contributed by atoms with Crippen LogP contribution in [0, 0.1) is 6.92 Å². The van der Waals surface area contributed by atoms with Crippen LogP contribution >= 0.6 is 0 Å². The SMILES string of the molecule is Cc1cccc(Cn2ncc(CN)c2-c2ccccc2)c1. The van der Waals surface area contributed by atoms with Gasteiger partial charge in [0.05, 0.1) is 18.4 Å². The van der Waals surface area contributed by atoms with Crippen molar-refractivity contribution < 1.29 is 0 Å². The average Bonchev–Trinajstić information content (AvgIpc) is 2.91. The lowest BCUT2D eigenvalue weighted by Crippen LogP contribution is -2.06. The molecule has 2 N–H and O–H groups in total. The first kappa shape index (κ1) is 13.6. The summed E-state index contributed by atoms with van der Waals surface area (Å²) in [5, 5.41) is 4.52. The number of aryl methyl sites for hydroxylation is 1. The Morgan fingerprint density at radius 3 is 2.57 bits per heavy atom. The Morgan fingerprint density at radius 1 is 1.05 bits per heavy atom. The minimum Gasteiger partial charge on any atom is -0.326 e. The quantitative estimate of drug-likeness (QED) is 0.794. The molecule has 0 amide bonds. The Morgan fingerprint density at radius 2 is 1.86 bits per heavy atom. The molecule has 21 heavy (non-hydrogen) atoms. The molecule has 0 bridgehead atoms. The van der Waals surface area contributed by atoms with Gasteiger partial charge in [0.1, 0.15) is 0 Å². The molecule has 0 radical (unpaired) electrons. The van der Waals surface area contributed by atoms with E-state index in [1.54, 1.807) is 0 Å². The molecule has 0 saturated heterocycles. The molecule has 0 aliphatic heterocycles. The van der Waals surface area contributed by atoms with Gasteiger partial charge in [0.15, 0.2) is 0 Å². The van der Waals surface area contributed by atoms with Crippen LogP contribution in [0.3, 0.4) is 0 Å². The Labute approximate surface area is 125 Å². The predicted molar refractivity (Wildman–Crippen MR) is 85.8 cm³/mol. The molecule has 0 aliphatic rings. The molecule has 0 aliphatic carbocycles. The molecule has 3 nitrogen and oxygen atoms in total. The van der Waals surface area contributed by atoms with Gasteiger partial charge in [0.2, 0.25) is 0 Å². The second-order valence-corrected chi connectivity index (χ2v) is 5.24. The van der Waals surface area contributed by atoms with Crippen molar-refractivity contribution >= 4 is 0 Å². The standard InChI is InChI=1S/C18H19N3/c1-14-6-5-7-15(10-14)13-21-18(17(11-19)12-20-21)16-8-3-2-4-9-16/h2-10,12H,11,13,19H2,1H3. The first-order valence-electron chi connectivity index (χ1n) is 7.13. The van der Waals surface area contributed by atoms with Crippen molar-refractivity contribution in [3.05, 3.63) is 77.5 Å². The minimum atomic E-state index is 0.498. The maximum atomic E-state index is 5.87. The molecular formula is C18H19N3. The largest absolute Gasteiger partial charge is 0.326 e. The predicted octanol–water partition coefficient (Wildman–Crippen LogP) is 3.37. The van der Waals surface area contributed by atoms with E-state index in [2.05, 4.69) is 48.4 Å². The number of benzene rings is 2. The molecule has 1 aromatic heterocycles. The normalized spacial score (nSPS) is 10.8. The Hall–Kier alpha value is -2.39. The molecule has 0 unspecified atom stereocenters. The lowest BCUT2D eigenvalue weighted by molar-refractivity contribution is 0.693. The van der Waals surface area contributed by atoms with Crippen LogP contribution in [0.1, 0.15) is 16.7 Å². The van der Waals surface area contributed by atoms with Gasteiger partial charge in [-0.2, -0.15) is 5.10 Å². The number of nitrogens with two attached hydrogens (primary N) is 1. The monoisotopic (exact) mass is 277 g/mol. The smallest absolute Gasteiger partial charge is 0.0731 e. The van der Waals surface area contributed by atoms with Crippen LogP contribution in [-0.4, -0.2) is 9.78 Å². The van der Waals surface area contributed by atoms with E-state index in [1.807, 2.05) is 29.1 Å². The van der Waals surface area contributed by atoms with Gasteiger partial charge in [-0.05, 0) is 12.5 Å². The van der Waals surface area contributed by atoms with Crippen molar-refractivity contribution in [3.8, 4) is 11.3 Å². The van der Waals surface area contributed by atoms with Gasteiger partial charge in [-0.15, -0.1) is 0 Å². The Kier molecular flexibility index (Phi) is 3.84. The van der Waals surface area contributed by atoms with Crippen molar-refractivity contribution in [1.82, 2.24) is 9.78 Å². The van der Waals surface area contributed by atoms with E-state index in [0.717, 1.165) is 23.4 Å². The molecule has 1 heterocycles. The van der Waals surface area contributed by atoms with Gasteiger partial charge in [-0.1, -0.05) is 60.2 Å². The molecular weight excluding hydrogens is 258 g/mol. The Balaban J connectivity index is 2.02. The maximum absolute atomic E-state index is 5.87. The summed E-state index contributed by atoms with van der Waals surface area (Å²) in [4.78, 5) is 0. The summed E-state index contributed by atoms with van der Waals surface area (Å²) in [5.41, 5.74) is 11.7. The van der Waals surface area contributed by atoms with Gasteiger partial charge in [-0.3, -0.25) is 4.68 Å². The third-order valence-electron chi connectivity index (χ3n) is 3.60. The van der Waals surface area contributed by atoms with E-state index in [-0.39, 0.29) is 0 Å². The second-order valence-electron chi connectivity index (χ2n) is 5.24. The van der Waals surface area contributed by atoms with E-state index in [4.69, 9.17) is 5.73 Å². The topological polar surface area (TPSA) is 43.8 Å². The third kappa shape index (κ3) is 2.88. The molecule has 3 heteroatoms. The van der Waals surface area contributed by atoms with E-state index >= 15 is 0 Å². The summed E-state index contributed by atoms with van der Waals surface area (Å²) in [6.45, 7) is 3.36. The number of hydrogen-bond donors (Lipinski definition) is 1. The number of aromatic nitrogens is 2. The van der Waals surface area contributed by atoms with E-state index in [0.29, 0.717) is 6.54 Å². The maximum Gasteiger partial charge on any atom is 0.0731 e. The molecule has 3 rings (SSSR count). The lowest BCUT2D eigenvalue weighted by Gasteiger charge is -2.10. The number of hydrogen-bond acceptors (Lipinski definition) is 2. The summed E-state index contributed by atoms with van der Waals surface area (Å²) in [5.74, 6) is 0. The van der Waals surface area contributed by atoms with Gasteiger partial charge < -0.3 is 5.73 Å². The van der Waals surface area contributed by atoms with E-state index in [1.165, 1.54) is 11.1 Å². The van der Waals surface area contributed by atoms with Crippen LogP contribution in [0.2, 0.25) is 0 Å². The third-order valence-corrected chi connectivity index (χ3v) is 3.60. The van der Waals surface area contributed by atoms with Crippen LogP contribution in [0.4, 0.5) is 0 Å². The number of nitrogens with zero attached hydrogens (tertiary/aromatic N) is 2. The van der Waals surface area contributed by atoms with Crippen LogP contribution in [0.15, 0.2) is 60.8 Å². The highest BCUT2D eigenvalue weighted by Gasteiger charge is 2.12. The van der Waals surface area contributed by atoms with Gasteiger partial charge in [0, 0.05) is 17.7 Å². The molecule has 0 fully saturated rings. The average molecular weight is 277 g/mol. The van der Waals surface area contributed by atoms with Gasteiger partial charge in [-0.25, -0.2) is 0 Å². The highest BCUT2D eigenvalue weighted by atomic mass is 15.3. The minimum absolute atomic E-state index is 0.498. The first-order chi connectivity index (χ1) is 10.3. The molecule has 0 atom stereocenters. The summed E-state index contributed by atoms with van der Waals surface area (Å²) < 4.78 is 2.03. The molecule has 3 aromatic rings. The molecule has 2 aromatic carbocycles. The zero-order valence-corrected chi connectivity index (χ0v) is 12.2. The summed E-state index contributed by atoms with van der Waals surface area (Å²) in [7, 11) is 0. The molecule has 0 spiro atoms. The fourth-order valence-corrected chi connectivity index (χ4v) is 2.61. The van der Waals surface area contributed by atoms with Crippen molar-refractivity contribution in [2.45, 2.75) is 20.0 Å². The second kappa shape index (κ2) is 5.94. The summed E-state index contributed by atoms with van der Waals surface area (Å²) >= 11 is 0.